The first kappa shape index (κ1) is 7.90. The minimum Gasteiger partial charge on any atom is -0.263 e. The summed E-state index contributed by atoms with van der Waals surface area (Å²) < 4.78 is 1.62. The lowest BCUT2D eigenvalue weighted by Gasteiger charge is -1.82. The molecule has 0 aromatic carbocycles. The number of H-pyrrole nitrogens is 1. The Morgan fingerprint density at radius 1 is 1.54 bits per heavy atom. The molecule has 13 heavy (non-hydrogen) atoms. The number of hydrogen-bond acceptors (Lipinski definition) is 4. The van der Waals surface area contributed by atoms with Crippen molar-refractivity contribution in [2.75, 3.05) is 0 Å². The summed E-state index contributed by atoms with van der Waals surface area (Å²) >= 11 is 0. The van der Waals surface area contributed by atoms with Crippen LogP contribution in [0.5, 0.6) is 0 Å². The van der Waals surface area contributed by atoms with Gasteiger partial charge in [-0.15, -0.1) is 5.10 Å². The summed E-state index contributed by atoms with van der Waals surface area (Å²) in [5.74, 6) is 1.46. The van der Waals surface area contributed by atoms with E-state index in [0.717, 1.165) is 12.2 Å². The van der Waals surface area contributed by atoms with E-state index in [4.69, 9.17) is 0 Å². The second-order valence-corrected chi connectivity index (χ2v) is 2.74. The Morgan fingerprint density at radius 3 is 2.92 bits per heavy atom. The molecule has 68 valence electrons. The van der Waals surface area contributed by atoms with Crippen LogP contribution in [0.2, 0.25) is 0 Å². The average Bonchev–Trinajstić information content (AvgIpc) is 2.71. The minimum absolute atomic E-state index is 0.602. The minimum atomic E-state index is 0.602. The molecule has 0 saturated carbocycles. The summed E-state index contributed by atoms with van der Waals surface area (Å²) in [5, 5.41) is 14.5. The molecular weight excluding hydrogens is 168 g/mol. The third kappa shape index (κ3) is 1.42. The van der Waals surface area contributed by atoms with Gasteiger partial charge in [-0.1, -0.05) is 12.1 Å². The molecule has 0 bridgehead atoms. The second-order valence-electron chi connectivity index (χ2n) is 2.74. The standard InChI is InChI=1S/C7H10N6/c1-3-6-8-7(11-10-6)5-4-13(2)12-9-5/h4H,3H2,1-2H3,(H,8,10,11). The van der Waals surface area contributed by atoms with Gasteiger partial charge in [0.25, 0.3) is 0 Å². The highest BCUT2D eigenvalue weighted by atomic mass is 15.4. The van der Waals surface area contributed by atoms with E-state index in [0.29, 0.717) is 11.5 Å². The first-order chi connectivity index (χ1) is 6.29. The van der Waals surface area contributed by atoms with Gasteiger partial charge in [0.2, 0.25) is 5.82 Å². The number of hydrogen-bond donors (Lipinski definition) is 1. The predicted octanol–water partition coefficient (Wildman–Crippen LogP) is 0.163. The SMILES string of the molecule is CCc1nc(-c2cn(C)nn2)n[nH]1. The van der Waals surface area contributed by atoms with E-state index < -0.39 is 0 Å². The van der Waals surface area contributed by atoms with E-state index in [1.165, 1.54) is 0 Å². The molecule has 0 aliphatic heterocycles. The molecule has 2 rings (SSSR count). The van der Waals surface area contributed by atoms with Crippen LogP contribution in [0.1, 0.15) is 12.7 Å². The van der Waals surface area contributed by atoms with Crippen LogP contribution in [0.15, 0.2) is 6.20 Å². The summed E-state index contributed by atoms with van der Waals surface area (Å²) in [6.45, 7) is 2.01. The highest BCUT2D eigenvalue weighted by Gasteiger charge is 2.07. The maximum atomic E-state index is 4.23. The van der Waals surface area contributed by atoms with Crippen molar-refractivity contribution >= 4 is 0 Å². The van der Waals surface area contributed by atoms with Crippen molar-refractivity contribution in [3.05, 3.63) is 12.0 Å². The van der Waals surface area contributed by atoms with Crippen LogP contribution in [-0.4, -0.2) is 30.2 Å². The van der Waals surface area contributed by atoms with E-state index in [1.807, 2.05) is 14.0 Å². The molecule has 0 radical (unpaired) electrons. The van der Waals surface area contributed by atoms with Gasteiger partial charge >= 0.3 is 0 Å². The molecule has 1 N–H and O–H groups in total. The zero-order valence-corrected chi connectivity index (χ0v) is 7.52. The zero-order chi connectivity index (χ0) is 9.26. The van der Waals surface area contributed by atoms with Gasteiger partial charge in [0, 0.05) is 13.5 Å². The Balaban J connectivity index is 2.35. The largest absolute Gasteiger partial charge is 0.263 e. The van der Waals surface area contributed by atoms with Gasteiger partial charge in [-0.2, -0.15) is 5.10 Å². The maximum absolute atomic E-state index is 4.23. The number of aromatic nitrogens is 6. The Labute approximate surface area is 75.0 Å². The van der Waals surface area contributed by atoms with Gasteiger partial charge in [-0.3, -0.25) is 9.78 Å². The quantitative estimate of drug-likeness (QED) is 0.711. The summed E-state index contributed by atoms with van der Waals surface area (Å²) in [6.07, 6.45) is 2.62. The summed E-state index contributed by atoms with van der Waals surface area (Å²) in [4.78, 5) is 4.23. The van der Waals surface area contributed by atoms with E-state index >= 15 is 0 Å². The summed E-state index contributed by atoms with van der Waals surface area (Å²) in [7, 11) is 1.81. The topological polar surface area (TPSA) is 72.3 Å². The van der Waals surface area contributed by atoms with Gasteiger partial charge in [-0.05, 0) is 0 Å². The molecular formula is C7H10N6. The molecule has 0 unspecified atom stereocenters. The first-order valence-electron chi connectivity index (χ1n) is 4.07. The van der Waals surface area contributed by atoms with Crippen molar-refractivity contribution in [3.8, 4) is 11.5 Å². The lowest BCUT2D eigenvalue weighted by molar-refractivity contribution is 0.715. The molecule has 0 aliphatic carbocycles. The molecule has 0 aliphatic rings. The molecule has 2 aromatic heterocycles. The summed E-state index contributed by atoms with van der Waals surface area (Å²) in [5.41, 5.74) is 0.693. The van der Waals surface area contributed by atoms with Crippen LogP contribution in [0.3, 0.4) is 0 Å². The van der Waals surface area contributed by atoms with Gasteiger partial charge in [0.15, 0.2) is 5.69 Å². The van der Waals surface area contributed by atoms with E-state index in [1.54, 1.807) is 10.9 Å². The second kappa shape index (κ2) is 2.96. The summed E-state index contributed by atoms with van der Waals surface area (Å²) in [6, 6.07) is 0. The zero-order valence-electron chi connectivity index (χ0n) is 7.52. The highest BCUT2D eigenvalue weighted by molar-refractivity contribution is 5.45. The third-order valence-electron chi connectivity index (χ3n) is 1.70. The maximum Gasteiger partial charge on any atom is 0.203 e. The smallest absolute Gasteiger partial charge is 0.203 e. The molecule has 0 atom stereocenters. The van der Waals surface area contributed by atoms with Gasteiger partial charge in [0.05, 0.1) is 6.20 Å². The van der Waals surface area contributed by atoms with Crippen LogP contribution >= 0.6 is 0 Å². The van der Waals surface area contributed by atoms with E-state index in [2.05, 4.69) is 25.5 Å². The Morgan fingerprint density at radius 2 is 2.38 bits per heavy atom. The van der Waals surface area contributed by atoms with Crippen LogP contribution in [0.4, 0.5) is 0 Å². The Kier molecular flexibility index (Phi) is 1.80. The molecule has 6 nitrogen and oxygen atoms in total. The van der Waals surface area contributed by atoms with Crippen LogP contribution in [0, 0.1) is 0 Å². The van der Waals surface area contributed by atoms with Gasteiger partial charge in [0.1, 0.15) is 5.82 Å². The van der Waals surface area contributed by atoms with Crippen molar-refractivity contribution in [3.63, 3.8) is 0 Å². The van der Waals surface area contributed by atoms with Crippen molar-refractivity contribution < 1.29 is 0 Å². The van der Waals surface area contributed by atoms with Crippen LogP contribution < -0.4 is 0 Å². The molecule has 0 fully saturated rings. The number of rotatable bonds is 2. The predicted molar refractivity (Wildman–Crippen MR) is 45.8 cm³/mol. The number of nitrogens with zero attached hydrogens (tertiary/aromatic N) is 5. The Bertz CT molecular complexity index is 401. The fourth-order valence-electron chi connectivity index (χ4n) is 1.02. The molecule has 0 amide bonds. The Hall–Kier alpha value is -1.72. The van der Waals surface area contributed by atoms with E-state index in [9.17, 15) is 0 Å². The van der Waals surface area contributed by atoms with E-state index in [-0.39, 0.29) is 0 Å². The number of aromatic amines is 1. The van der Waals surface area contributed by atoms with Crippen LogP contribution in [0.25, 0.3) is 11.5 Å². The third-order valence-corrected chi connectivity index (χ3v) is 1.70. The first-order valence-corrected chi connectivity index (χ1v) is 4.07. The van der Waals surface area contributed by atoms with Crippen molar-refractivity contribution in [1.82, 2.24) is 30.2 Å². The molecule has 6 heteroatoms. The van der Waals surface area contributed by atoms with Crippen molar-refractivity contribution in [2.24, 2.45) is 7.05 Å². The number of aryl methyl sites for hydroxylation is 2. The number of nitrogens with one attached hydrogen (secondary N) is 1. The highest BCUT2D eigenvalue weighted by Crippen LogP contribution is 2.08. The lowest BCUT2D eigenvalue weighted by atomic mass is 10.4. The van der Waals surface area contributed by atoms with Crippen molar-refractivity contribution in [2.45, 2.75) is 13.3 Å². The molecule has 0 spiro atoms. The van der Waals surface area contributed by atoms with Gasteiger partial charge < -0.3 is 0 Å². The normalized spacial score (nSPS) is 10.6. The lowest BCUT2D eigenvalue weighted by Crippen LogP contribution is -1.85. The fourth-order valence-corrected chi connectivity index (χ4v) is 1.02. The average molecular weight is 178 g/mol. The molecule has 2 heterocycles. The van der Waals surface area contributed by atoms with Gasteiger partial charge in [-0.25, -0.2) is 4.98 Å². The molecule has 2 aromatic rings. The van der Waals surface area contributed by atoms with Crippen molar-refractivity contribution in [1.29, 1.82) is 0 Å². The fraction of sp³-hybridized carbons (Fsp3) is 0.429. The molecule has 0 saturated heterocycles. The monoisotopic (exact) mass is 178 g/mol. The van der Waals surface area contributed by atoms with Crippen LogP contribution in [-0.2, 0) is 13.5 Å².